The zero-order valence-corrected chi connectivity index (χ0v) is 10.4. The molecule has 0 aromatic rings. The lowest BCUT2D eigenvalue weighted by Crippen LogP contribution is -2.40. The van der Waals surface area contributed by atoms with E-state index in [0.29, 0.717) is 0 Å². The van der Waals surface area contributed by atoms with Gasteiger partial charge in [-0.3, -0.25) is 9.59 Å². The second-order valence-corrected chi connectivity index (χ2v) is 6.03. The predicted octanol–water partition coefficient (Wildman–Crippen LogP) is -0.383. The Balaban J connectivity index is 4.90. The lowest BCUT2D eigenvalue weighted by molar-refractivity contribution is -0.140. The molecular formula is C9H17NO5S. The van der Waals surface area contributed by atoms with E-state index in [1.165, 1.54) is 14.0 Å². The highest BCUT2D eigenvalue weighted by atomic mass is 32.2. The summed E-state index contributed by atoms with van der Waals surface area (Å²) >= 11 is 0. The van der Waals surface area contributed by atoms with Crippen molar-refractivity contribution in [2.75, 3.05) is 7.11 Å². The SMILES string of the molecule is CCC(C(N)=O)S(=O)(=O)C(C)CC(=O)OC. The quantitative estimate of drug-likeness (QED) is 0.648. The van der Waals surface area contributed by atoms with Crippen molar-refractivity contribution in [3.63, 3.8) is 0 Å². The summed E-state index contributed by atoms with van der Waals surface area (Å²) in [5.41, 5.74) is 5.00. The molecule has 0 fully saturated rings. The Morgan fingerprint density at radius 2 is 1.88 bits per heavy atom. The molecule has 2 unspecified atom stereocenters. The second kappa shape index (κ2) is 5.83. The van der Waals surface area contributed by atoms with E-state index >= 15 is 0 Å². The molecule has 0 saturated heterocycles. The normalized spacial score (nSPS) is 15.2. The number of carbonyl (C=O) groups excluding carboxylic acids is 2. The standard InChI is InChI=1S/C9H17NO5S/c1-4-7(9(10)12)16(13,14)6(2)5-8(11)15-3/h6-7H,4-5H2,1-3H3,(H2,10,12). The summed E-state index contributed by atoms with van der Waals surface area (Å²) < 4.78 is 28.1. The maximum Gasteiger partial charge on any atom is 0.306 e. The number of amides is 1. The van der Waals surface area contributed by atoms with Crippen LogP contribution >= 0.6 is 0 Å². The molecule has 6 nitrogen and oxygen atoms in total. The maximum atomic E-state index is 11.8. The van der Waals surface area contributed by atoms with Crippen LogP contribution in [0.25, 0.3) is 0 Å². The predicted molar refractivity (Wildman–Crippen MR) is 58.3 cm³/mol. The third kappa shape index (κ3) is 3.48. The Kier molecular flexibility index (Phi) is 5.43. The Hall–Kier alpha value is -1.11. The van der Waals surface area contributed by atoms with E-state index in [1.54, 1.807) is 6.92 Å². The van der Waals surface area contributed by atoms with Gasteiger partial charge < -0.3 is 10.5 Å². The summed E-state index contributed by atoms with van der Waals surface area (Å²) in [4.78, 5) is 21.9. The molecule has 0 saturated carbocycles. The summed E-state index contributed by atoms with van der Waals surface area (Å²) in [5.74, 6) is -1.52. The van der Waals surface area contributed by atoms with Gasteiger partial charge in [0, 0.05) is 0 Å². The van der Waals surface area contributed by atoms with Gasteiger partial charge in [0.1, 0.15) is 5.25 Å². The van der Waals surface area contributed by atoms with Crippen LogP contribution in [0.4, 0.5) is 0 Å². The van der Waals surface area contributed by atoms with Gasteiger partial charge in [-0.1, -0.05) is 6.92 Å². The lowest BCUT2D eigenvalue weighted by Gasteiger charge is -2.17. The van der Waals surface area contributed by atoms with Gasteiger partial charge in [-0.15, -0.1) is 0 Å². The Labute approximate surface area is 95.1 Å². The number of hydrogen-bond acceptors (Lipinski definition) is 5. The summed E-state index contributed by atoms with van der Waals surface area (Å²) in [6.45, 7) is 2.91. The van der Waals surface area contributed by atoms with Crippen molar-refractivity contribution in [2.24, 2.45) is 5.73 Å². The van der Waals surface area contributed by atoms with Crippen LogP contribution in [0.2, 0.25) is 0 Å². The van der Waals surface area contributed by atoms with Crippen LogP contribution in [0.3, 0.4) is 0 Å². The molecule has 0 bridgehead atoms. The van der Waals surface area contributed by atoms with Crippen molar-refractivity contribution in [1.29, 1.82) is 0 Å². The van der Waals surface area contributed by atoms with Gasteiger partial charge in [-0.05, 0) is 13.3 Å². The van der Waals surface area contributed by atoms with Gasteiger partial charge in [0.2, 0.25) is 5.91 Å². The first-order valence-electron chi connectivity index (χ1n) is 4.86. The third-order valence-corrected chi connectivity index (χ3v) is 4.97. The van der Waals surface area contributed by atoms with Crippen LogP contribution in [0.5, 0.6) is 0 Å². The molecule has 0 aliphatic heterocycles. The van der Waals surface area contributed by atoms with Crippen LogP contribution in [-0.2, 0) is 24.2 Å². The first-order chi connectivity index (χ1) is 7.27. The minimum Gasteiger partial charge on any atom is -0.469 e. The summed E-state index contributed by atoms with van der Waals surface area (Å²) in [7, 11) is -2.56. The summed E-state index contributed by atoms with van der Waals surface area (Å²) in [6.07, 6.45) is -0.175. The van der Waals surface area contributed by atoms with E-state index in [0.717, 1.165) is 0 Å². The van der Waals surface area contributed by atoms with E-state index < -0.39 is 32.2 Å². The van der Waals surface area contributed by atoms with Gasteiger partial charge in [0.15, 0.2) is 9.84 Å². The molecule has 2 N–H and O–H groups in total. The summed E-state index contributed by atoms with van der Waals surface area (Å²) in [6, 6.07) is 0. The monoisotopic (exact) mass is 251 g/mol. The number of nitrogens with two attached hydrogens (primary N) is 1. The molecular weight excluding hydrogens is 234 g/mol. The molecule has 0 aliphatic rings. The van der Waals surface area contributed by atoms with E-state index in [9.17, 15) is 18.0 Å². The average Bonchev–Trinajstić information content (AvgIpc) is 2.17. The molecule has 0 spiro atoms. The van der Waals surface area contributed by atoms with Crippen LogP contribution in [0.15, 0.2) is 0 Å². The first-order valence-corrected chi connectivity index (χ1v) is 6.47. The molecule has 0 aromatic carbocycles. The lowest BCUT2D eigenvalue weighted by atomic mass is 10.3. The van der Waals surface area contributed by atoms with E-state index in [1.807, 2.05) is 0 Å². The number of ether oxygens (including phenoxy) is 1. The fourth-order valence-corrected chi connectivity index (χ4v) is 3.03. The molecule has 0 heterocycles. The van der Waals surface area contributed by atoms with E-state index in [2.05, 4.69) is 4.74 Å². The van der Waals surface area contributed by atoms with E-state index in [-0.39, 0.29) is 12.8 Å². The number of esters is 1. The fraction of sp³-hybridized carbons (Fsp3) is 0.778. The Morgan fingerprint density at radius 1 is 1.38 bits per heavy atom. The van der Waals surface area contributed by atoms with Crippen molar-refractivity contribution in [3.05, 3.63) is 0 Å². The van der Waals surface area contributed by atoms with Crippen LogP contribution < -0.4 is 5.73 Å². The van der Waals surface area contributed by atoms with Crippen molar-refractivity contribution < 1.29 is 22.7 Å². The fourth-order valence-electron chi connectivity index (χ4n) is 1.31. The van der Waals surface area contributed by atoms with Gasteiger partial charge >= 0.3 is 5.97 Å². The van der Waals surface area contributed by atoms with Crippen molar-refractivity contribution >= 4 is 21.7 Å². The number of primary amides is 1. The molecule has 94 valence electrons. The molecule has 0 aliphatic carbocycles. The number of rotatable bonds is 6. The Morgan fingerprint density at radius 3 is 2.19 bits per heavy atom. The van der Waals surface area contributed by atoms with Crippen LogP contribution in [0.1, 0.15) is 26.7 Å². The molecule has 1 amide bonds. The van der Waals surface area contributed by atoms with Crippen molar-refractivity contribution in [2.45, 2.75) is 37.2 Å². The van der Waals surface area contributed by atoms with Crippen LogP contribution in [0, 0.1) is 0 Å². The zero-order valence-electron chi connectivity index (χ0n) is 9.60. The number of methoxy groups -OCH3 is 1. The number of hydrogen-bond donors (Lipinski definition) is 1. The zero-order chi connectivity index (χ0) is 12.9. The summed E-state index contributed by atoms with van der Waals surface area (Å²) in [5, 5.41) is -2.22. The van der Waals surface area contributed by atoms with Crippen molar-refractivity contribution in [1.82, 2.24) is 0 Å². The largest absolute Gasteiger partial charge is 0.469 e. The second-order valence-electron chi connectivity index (χ2n) is 3.48. The van der Waals surface area contributed by atoms with E-state index in [4.69, 9.17) is 5.73 Å². The number of carbonyl (C=O) groups is 2. The highest BCUT2D eigenvalue weighted by Gasteiger charge is 2.35. The van der Waals surface area contributed by atoms with Gasteiger partial charge in [-0.2, -0.15) is 0 Å². The molecule has 0 radical (unpaired) electrons. The maximum absolute atomic E-state index is 11.8. The first kappa shape index (κ1) is 14.9. The molecule has 2 atom stereocenters. The third-order valence-electron chi connectivity index (χ3n) is 2.33. The Bertz CT molecular complexity index is 362. The topological polar surface area (TPSA) is 104 Å². The van der Waals surface area contributed by atoms with Crippen molar-refractivity contribution in [3.8, 4) is 0 Å². The highest BCUT2D eigenvalue weighted by molar-refractivity contribution is 7.93. The highest BCUT2D eigenvalue weighted by Crippen LogP contribution is 2.15. The molecule has 0 aromatic heterocycles. The molecule has 16 heavy (non-hydrogen) atoms. The van der Waals surface area contributed by atoms with Gasteiger partial charge in [0.05, 0.1) is 18.8 Å². The molecule has 0 rings (SSSR count). The molecule has 7 heteroatoms. The number of sulfone groups is 1. The van der Waals surface area contributed by atoms with Crippen LogP contribution in [-0.4, -0.2) is 37.9 Å². The van der Waals surface area contributed by atoms with Gasteiger partial charge in [-0.25, -0.2) is 8.42 Å². The minimum absolute atomic E-state index is 0.100. The average molecular weight is 251 g/mol. The smallest absolute Gasteiger partial charge is 0.306 e. The van der Waals surface area contributed by atoms with Gasteiger partial charge in [0.25, 0.3) is 0 Å². The minimum atomic E-state index is -3.73.